The van der Waals surface area contributed by atoms with Gasteiger partial charge in [-0.05, 0) is 30.3 Å². The number of halogens is 2. The van der Waals surface area contributed by atoms with E-state index in [1.807, 2.05) is 0 Å². The van der Waals surface area contributed by atoms with Crippen LogP contribution in [0.5, 0.6) is 11.5 Å². The Morgan fingerprint density at radius 1 is 1.04 bits per heavy atom. The number of carbonyl (C=O) groups is 1. The molecule has 2 rings (SSSR count). The van der Waals surface area contributed by atoms with Crippen molar-refractivity contribution >= 4 is 40.5 Å². The van der Waals surface area contributed by atoms with Crippen molar-refractivity contribution in [3.05, 3.63) is 46.4 Å². The van der Waals surface area contributed by atoms with Gasteiger partial charge in [-0.25, -0.2) is 0 Å². The number of hydrogen-bond donors (Lipinski definition) is 2. The van der Waals surface area contributed by atoms with E-state index in [9.17, 15) is 4.79 Å². The first kappa shape index (κ1) is 17.2. The second-order valence-corrected chi connectivity index (χ2v) is 5.44. The molecule has 7 heteroatoms. The highest BCUT2D eigenvalue weighted by Gasteiger charge is 2.09. The number of amides is 1. The molecule has 2 N–H and O–H groups in total. The van der Waals surface area contributed by atoms with Gasteiger partial charge in [-0.15, -0.1) is 0 Å². The molecule has 122 valence electrons. The summed E-state index contributed by atoms with van der Waals surface area (Å²) in [5.41, 5.74) is 1.11. The van der Waals surface area contributed by atoms with E-state index in [0.29, 0.717) is 32.9 Å². The molecule has 1 amide bonds. The summed E-state index contributed by atoms with van der Waals surface area (Å²) in [7, 11) is 3.12. The molecular formula is C16H16Cl2N2O3. The Balaban J connectivity index is 2.03. The maximum atomic E-state index is 12.1. The zero-order chi connectivity index (χ0) is 16.8. The number of benzene rings is 2. The predicted molar refractivity (Wildman–Crippen MR) is 93.1 cm³/mol. The lowest BCUT2D eigenvalue weighted by atomic mass is 10.2. The van der Waals surface area contributed by atoms with E-state index >= 15 is 0 Å². The molecule has 0 aliphatic carbocycles. The van der Waals surface area contributed by atoms with E-state index in [-0.39, 0.29) is 12.5 Å². The van der Waals surface area contributed by atoms with E-state index in [2.05, 4.69) is 10.6 Å². The fourth-order valence-corrected chi connectivity index (χ4v) is 2.25. The number of ether oxygens (including phenoxy) is 2. The molecule has 0 unspecified atom stereocenters. The van der Waals surface area contributed by atoms with E-state index < -0.39 is 0 Å². The lowest BCUT2D eigenvalue weighted by Gasteiger charge is -2.13. The normalized spacial score (nSPS) is 10.1. The van der Waals surface area contributed by atoms with Crippen molar-refractivity contribution < 1.29 is 14.3 Å². The van der Waals surface area contributed by atoms with Gasteiger partial charge >= 0.3 is 0 Å². The summed E-state index contributed by atoms with van der Waals surface area (Å²) in [6.45, 7) is 0.0341. The number of anilines is 2. The summed E-state index contributed by atoms with van der Waals surface area (Å²) in [6, 6.07) is 10.1. The predicted octanol–water partition coefficient (Wildman–Crippen LogP) is 4.06. The number of rotatable bonds is 6. The van der Waals surface area contributed by atoms with Crippen molar-refractivity contribution in [1.82, 2.24) is 0 Å². The molecule has 2 aromatic carbocycles. The molecule has 2 aromatic rings. The molecule has 5 nitrogen and oxygen atoms in total. The quantitative estimate of drug-likeness (QED) is 0.820. The van der Waals surface area contributed by atoms with E-state index in [4.69, 9.17) is 32.7 Å². The average molecular weight is 355 g/mol. The van der Waals surface area contributed by atoms with E-state index in [0.717, 1.165) is 0 Å². The van der Waals surface area contributed by atoms with Gasteiger partial charge in [0.15, 0.2) is 0 Å². The lowest BCUT2D eigenvalue weighted by molar-refractivity contribution is -0.114. The van der Waals surface area contributed by atoms with Gasteiger partial charge in [-0.2, -0.15) is 0 Å². The standard InChI is InChI=1S/C16H16Cl2N2O3/c1-22-11-4-6-15(23-2)14(8-11)19-9-16(21)20-13-7-10(17)3-5-12(13)18/h3-8,19H,9H2,1-2H3,(H,20,21). The van der Waals surface area contributed by atoms with Gasteiger partial charge in [0.1, 0.15) is 11.5 Å². The van der Waals surface area contributed by atoms with Crippen LogP contribution in [0.15, 0.2) is 36.4 Å². The third-order valence-corrected chi connectivity index (χ3v) is 3.61. The van der Waals surface area contributed by atoms with Crippen molar-refractivity contribution in [2.75, 3.05) is 31.4 Å². The van der Waals surface area contributed by atoms with Gasteiger partial charge in [0, 0.05) is 11.1 Å². The third kappa shape index (κ3) is 4.68. The van der Waals surface area contributed by atoms with Crippen LogP contribution in [0.2, 0.25) is 10.0 Å². The average Bonchev–Trinajstić information content (AvgIpc) is 2.56. The van der Waals surface area contributed by atoms with Crippen molar-refractivity contribution in [3.8, 4) is 11.5 Å². The summed E-state index contributed by atoms with van der Waals surface area (Å²) in [6.07, 6.45) is 0. The summed E-state index contributed by atoms with van der Waals surface area (Å²) >= 11 is 11.9. The molecule has 0 aromatic heterocycles. The van der Waals surface area contributed by atoms with Gasteiger partial charge in [0.05, 0.1) is 37.2 Å². The van der Waals surface area contributed by atoms with Gasteiger partial charge in [-0.1, -0.05) is 23.2 Å². The van der Waals surface area contributed by atoms with Crippen LogP contribution in [0.4, 0.5) is 11.4 Å². The van der Waals surface area contributed by atoms with Crippen molar-refractivity contribution in [1.29, 1.82) is 0 Å². The number of nitrogens with one attached hydrogen (secondary N) is 2. The lowest BCUT2D eigenvalue weighted by Crippen LogP contribution is -2.22. The Labute approximate surface area is 144 Å². The Hall–Kier alpha value is -2.11. The maximum absolute atomic E-state index is 12.1. The SMILES string of the molecule is COc1ccc(OC)c(NCC(=O)Nc2cc(Cl)ccc2Cl)c1. The van der Waals surface area contributed by atoms with Crippen LogP contribution in [0, 0.1) is 0 Å². The summed E-state index contributed by atoms with van der Waals surface area (Å²) in [5, 5.41) is 6.61. The van der Waals surface area contributed by atoms with Crippen molar-refractivity contribution in [2.45, 2.75) is 0 Å². The van der Waals surface area contributed by atoms with E-state index in [1.54, 1.807) is 50.6 Å². The van der Waals surface area contributed by atoms with Gasteiger partial charge in [0.25, 0.3) is 0 Å². The van der Waals surface area contributed by atoms with Crippen LogP contribution in [-0.4, -0.2) is 26.7 Å². The minimum absolute atomic E-state index is 0.0341. The first-order valence-corrected chi connectivity index (χ1v) is 7.50. The second-order valence-electron chi connectivity index (χ2n) is 4.59. The van der Waals surface area contributed by atoms with Gasteiger partial charge in [0.2, 0.25) is 5.91 Å². The van der Waals surface area contributed by atoms with Crippen LogP contribution < -0.4 is 20.1 Å². The van der Waals surface area contributed by atoms with Crippen LogP contribution in [0.3, 0.4) is 0 Å². The Morgan fingerprint density at radius 3 is 2.52 bits per heavy atom. The van der Waals surface area contributed by atoms with Crippen molar-refractivity contribution in [3.63, 3.8) is 0 Å². The molecule has 0 spiro atoms. The number of hydrogen-bond acceptors (Lipinski definition) is 4. The van der Waals surface area contributed by atoms with Crippen LogP contribution in [0.25, 0.3) is 0 Å². The molecular weight excluding hydrogens is 339 g/mol. The molecule has 0 radical (unpaired) electrons. The van der Waals surface area contributed by atoms with E-state index in [1.165, 1.54) is 0 Å². The smallest absolute Gasteiger partial charge is 0.243 e. The Bertz CT molecular complexity index is 708. The monoisotopic (exact) mass is 354 g/mol. The van der Waals surface area contributed by atoms with Gasteiger partial charge < -0.3 is 20.1 Å². The third-order valence-electron chi connectivity index (χ3n) is 3.05. The molecule has 0 fully saturated rings. The molecule has 0 bridgehead atoms. The molecule has 0 atom stereocenters. The largest absolute Gasteiger partial charge is 0.497 e. The molecule has 0 saturated carbocycles. The zero-order valence-electron chi connectivity index (χ0n) is 12.7. The molecule has 23 heavy (non-hydrogen) atoms. The molecule has 0 saturated heterocycles. The van der Waals surface area contributed by atoms with Crippen molar-refractivity contribution in [2.24, 2.45) is 0 Å². The van der Waals surface area contributed by atoms with Crippen LogP contribution in [0.1, 0.15) is 0 Å². The summed E-state index contributed by atoms with van der Waals surface area (Å²) in [5.74, 6) is 1.00. The van der Waals surface area contributed by atoms with Crippen LogP contribution in [-0.2, 0) is 4.79 Å². The fraction of sp³-hybridized carbons (Fsp3) is 0.188. The maximum Gasteiger partial charge on any atom is 0.243 e. The molecule has 0 aliphatic rings. The first-order chi connectivity index (χ1) is 11.0. The van der Waals surface area contributed by atoms with Crippen LogP contribution >= 0.6 is 23.2 Å². The highest BCUT2D eigenvalue weighted by atomic mass is 35.5. The minimum atomic E-state index is -0.265. The Morgan fingerprint density at radius 2 is 1.83 bits per heavy atom. The number of carbonyl (C=O) groups excluding carboxylic acids is 1. The van der Waals surface area contributed by atoms with Gasteiger partial charge in [-0.3, -0.25) is 4.79 Å². The highest BCUT2D eigenvalue weighted by molar-refractivity contribution is 6.35. The number of methoxy groups -OCH3 is 2. The zero-order valence-corrected chi connectivity index (χ0v) is 14.2. The summed E-state index contributed by atoms with van der Waals surface area (Å²) in [4.78, 5) is 12.1. The first-order valence-electron chi connectivity index (χ1n) is 6.74. The second kappa shape index (κ2) is 7.94. The molecule has 0 aliphatic heterocycles. The molecule has 0 heterocycles. The topological polar surface area (TPSA) is 59.6 Å². The summed E-state index contributed by atoms with van der Waals surface area (Å²) < 4.78 is 10.4. The minimum Gasteiger partial charge on any atom is -0.497 e. The highest BCUT2D eigenvalue weighted by Crippen LogP contribution is 2.29. The fourth-order valence-electron chi connectivity index (χ4n) is 1.92. The Kier molecular flexibility index (Phi) is 5.96.